The molecule has 6 heteroatoms. The van der Waals surface area contributed by atoms with Gasteiger partial charge in [-0.15, -0.1) is 0 Å². The van der Waals surface area contributed by atoms with E-state index >= 15 is 0 Å². The van der Waals surface area contributed by atoms with Gasteiger partial charge in [-0.2, -0.15) is 0 Å². The maximum atomic E-state index is 12.1. The summed E-state index contributed by atoms with van der Waals surface area (Å²) in [4.78, 5) is 18.9. The first kappa shape index (κ1) is 17.0. The van der Waals surface area contributed by atoms with Crippen LogP contribution >= 0.6 is 0 Å². The van der Waals surface area contributed by atoms with Crippen LogP contribution in [0.2, 0.25) is 0 Å². The topological polar surface area (TPSA) is 77.5 Å². The fourth-order valence-corrected chi connectivity index (χ4v) is 3.53. The van der Waals surface area contributed by atoms with Crippen molar-refractivity contribution in [3.05, 3.63) is 23.9 Å². The summed E-state index contributed by atoms with van der Waals surface area (Å²) in [7, 11) is 0. The highest BCUT2D eigenvalue weighted by molar-refractivity contribution is 5.74. The van der Waals surface area contributed by atoms with Crippen LogP contribution in [0.3, 0.4) is 0 Å². The molecule has 1 aromatic rings. The highest BCUT2D eigenvalue weighted by Crippen LogP contribution is 2.19. The number of aromatic nitrogens is 1. The molecule has 2 aliphatic rings. The standard InChI is InChI=1S/C18H28N4O2/c1-13-2-7-17(19-12-13)22-10-8-15(9-11-22)21-18(24)20-14-3-5-16(23)6-4-14/h2,7,12,14-16,23H,3-6,8-11H2,1H3,(H2,20,21,24). The number of urea groups is 1. The van der Waals surface area contributed by atoms with E-state index in [1.54, 1.807) is 0 Å². The number of nitrogens with one attached hydrogen (secondary N) is 2. The summed E-state index contributed by atoms with van der Waals surface area (Å²) < 4.78 is 0. The molecule has 1 saturated carbocycles. The van der Waals surface area contributed by atoms with E-state index in [-0.39, 0.29) is 24.2 Å². The van der Waals surface area contributed by atoms with Gasteiger partial charge in [0.1, 0.15) is 5.82 Å². The average molecular weight is 332 g/mol. The number of anilines is 1. The zero-order valence-corrected chi connectivity index (χ0v) is 14.4. The SMILES string of the molecule is Cc1ccc(N2CCC(NC(=O)NC3CCC(O)CC3)CC2)nc1. The molecule has 2 heterocycles. The molecule has 0 spiro atoms. The Morgan fingerprint density at radius 3 is 2.29 bits per heavy atom. The first-order valence-corrected chi connectivity index (χ1v) is 9.03. The number of rotatable bonds is 3. The van der Waals surface area contributed by atoms with Gasteiger partial charge in [0.15, 0.2) is 0 Å². The molecule has 3 rings (SSSR count). The fraction of sp³-hybridized carbons (Fsp3) is 0.667. The van der Waals surface area contributed by atoms with Gasteiger partial charge in [0.25, 0.3) is 0 Å². The highest BCUT2D eigenvalue weighted by Gasteiger charge is 2.24. The number of carbonyl (C=O) groups excluding carboxylic acids is 1. The molecule has 3 N–H and O–H groups in total. The third kappa shape index (κ3) is 4.60. The molecule has 1 aliphatic heterocycles. The van der Waals surface area contributed by atoms with Gasteiger partial charge in [0.2, 0.25) is 0 Å². The quantitative estimate of drug-likeness (QED) is 0.791. The lowest BCUT2D eigenvalue weighted by molar-refractivity contribution is 0.117. The number of amides is 2. The first-order chi connectivity index (χ1) is 11.6. The van der Waals surface area contributed by atoms with Gasteiger partial charge in [0.05, 0.1) is 6.10 Å². The molecule has 0 atom stereocenters. The van der Waals surface area contributed by atoms with Crippen molar-refractivity contribution < 1.29 is 9.90 Å². The third-order valence-electron chi connectivity index (χ3n) is 5.08. The summed E-state index contributed by atoms with van der Waals surface area (Å²) in [5.41, 5.74) is 1.17. The maximum absolute atomic E-state index is 12.1. The number of nitrogens with zero attached hydrogens (tertiary/aromatic N) is 2. The summed E-state index contributed by atoms with van der Waals surface area (Å²) in [6, 6.07) is 4.50. The van der Waals surface area contributed by atoms with Crippen LogP contribution in [-0.2, 0) is 0 Å². The summed E-state index contributed by atoms with van der Waals surface area (Å²) >= 11 is 0. The van der Waals surface area contributed by atoms with E-state index in [9.17, 15) is 9.90 Å². The van der Waals surface area contributed by atoms with Crippen LogP contribution in [0.15, 0.2) is 18.3 Å². The number of aliphatic hydroxyl groups is 1. The summed E-state index contributed by atoms with van der Waals surface area (Å²) in [5, 5.41) is 15.7. The predicted molar refractivity (Wildman–Crippen MR) is 94.1 cm³/mol. The van der Waals surface area contributed by atoms with E-state index in [0.29, 0.717) is 0 Å². The first-order valence-electron chi connectivity index (χ1n) is 9.03. The predicted octanol–water partition coefficient (Wildman–Crippen LogP) is 1.96. The molecule has 2 fully saturated rings. The molecule has 0 radical (unpaired) electrons. The molecule has 1 saturated heterocycles. The molecule has 1 aromatic heterocycles. The minimum absolute atomic E-state index is 0.0664. The van der Waals surface area contributed by atoms with Crippen molar-refractivity contribution in [2.45, 2.75) is 63.6 Å². The molecular formula is C18H28N4O2. The highest BCUT2D eigenvalue weighted by atomic mass is 16.3. The number of aliphatic hydroxyl groups excluding tert-OH is 1. The lowest BCUT2D eigenvalue weighted by Crippen LogP contribution is -2.50. The Bertz CT molecular complexity index is 532. The number of hydrogen-bond donors (Lipinski definition) is 3. The van der Waals surface area contributed by atoms with Gasteiger partial charge in [0, 0.05) is 31.4 Å². The zero-order chi connectivity index (χ0) is 16.9. The molecule has 0 unspecified atom stereocenters. The van der Waals surface area contributed by atoms with Crippen LogP contribution in [0.5, 0.6) is 0 Å². The van der Waals surface area contributed by atoms with Crippen LogP contribution in [0, 0.1) is 6.92 Å². The van der Waals surface area contributed by atoms with Gasteiger partial charge in [-0.3, -0.25) is 0 Å². The molecule has 6 nitrogen and oxygen atoms in total. The third-order valence-corrected chi connectivity index (χ3v) is 5.08. The van der Waals surface area contributed by atoms with Crippen LogP contribution < -0.4 is 15.5 Å². The molecular weight excluding hydrogens is 304 g/mol. The summed E-state index contributed by atoms with van der Waals surface area (Å²) in [6.45, 7) is 3.87. The normalized spacial score (nSPS) is 25.3. The van der Waals surface area contributed by atoms with E-state index < -0.39 is 0 Å². The van der Waals surface area contributed by atoms with Gasteiger partial charge in [-0.05, 0) is 57.1 Å². The summed E-state index contributed by atoms with van der Waals surface area (Å²) in [6.07, 6.45) is 6.89. The molecule has 2 amide bonds. The second kappa shape index (κ2) is 7.83. The minimum Gasteiger partial charge on any atom is -0.393 e. The molecule has 1 aliphatic carbocycles. The zero-order valence-electron chi connectivity index (χ0n) is 14.4. The van der Waals surface area contributed by atoms with E-state index in [1.807, 2.05) is 13.1 Å². The molecule has 0 aromatic carbocycles. The van der Waals surface area contributed by atoms with E-state index in [4.69, 9.17) is 0 Å². The lowest BCUT2D eigenvalue weighted by Gasteiger charge is -2.34. The van der Waals surface area contributed by atoms with E-state index in [0.717, 1.165) is 57.4 Å². The Kier molecular flexibility index (Phi) is 5.56. The van der Waals surface area contributed by atoms with Crippen molar-refractivity contribution in [2.24, 2.45) is 0 Å². The monoisotopic (exact) mass is 332 g/mol. The Balaban J connectivity index is 1.40. The van der Waals surface area contributed by atoms with E-state index in [2.05, 4.69) is 32.7 Å². The van der Waals surface area contributed by atoms with Crippen molar-refractivity contribution in [1.29, 1.82) is 0 Å². The molecule has 24 heavy (non-hydrogen) atoms. The van der Waals surface area contributed by atoms with Crippen molar-refractivity contribution >= 4 is 11.8 Å². The van der Waals surface area contributed by atoms with Crippen molar-refractivity contribution in [3.63, 3.8) is 0 Å². The van der Waals surface area contributed by atoms with Crippen molar-refractivity contribution in [1.82, 2.24) is 15.6 Å². The minimum atomic E-state index is -0.189. The van der Waals surface area contributed by atoms with Crippen molar-refractivity contribution in [3.8, 4) is 0 Å². The Labute approximate surface area is 143 Å². The maximum Gasteiger partial charge on any atom is 0.315 e. The average Bonchev–Trinajstić information content (AvgIpc) is 2.58. The Hall–Kier alpha value is -1.82. The van der Waals surface area contributed by atoms with Gasteiger partial charge in [-0.1, -0.05) is 6.07 Å². The Morgan fingerprint density at radius 1 is 1.08 bits per heavy atom. The molecule has 0 bridgehead atoms. The number of pyridine rings is 1. The van der Waals surface area contributed by atoms with Gasteiger partial charge in [-0.25, -0.2) is 9.78 Å². The number of carbonyl (C=O) groups is 1. The van der Waals surface area contributed by atoms with Crippen LogP contribution in [0.1, 0.15) is 44.1 Å². The van der Waals surface area contributed by atoms with Crippen LogP contribution in [0.25, 0.3) is 0 Å². The number of piperidine rings is 1. The van der Waals surface area contributed by atoms with Crippen molar-refractivity contribution in [2.75, 3.05) is 18.0 Å². The van der Waals surface area contributed by atoms with Gasteiger partial charge < -0.3 is 20.6 Å². The Morgan fingerprint density at radius 2 is 1.71 bits per heavy atom. The smallest absolute Gasteiger partial charge is 0.315 e. The van der Waals surface area contributed by atoms with E-state index in [1.165, 1.54) is 5.56 Å². The van der Waals surface area contributed by atoms with Crippen LogP contribution in [-0.4, -0.2) is 47.4 Å². The largest absolute Gasteiger partial charge is 0.393 e. The number of aryl methyl sites for hydroxylation is 1. The lowest BCUT2D eigenvalue weighted by atomic mass is 9.93. The van der Waals surface area contributed by atoms with Gasteiger partial charge >= 0.3 is 6.03 Å². The fourth-order valence-electron chi connectivity index (χ4n) is 3.53. The second-order valence-corrected chi connectivity index (χ2v) is 7.08. The van der Waals surface area contributed by atoms with Crippen LogP contribution in [0.4, 0.5) is 10.6 Å². The molecule has 132 valence electrons. The second-order valence-electron chi connectivity index (χ2n) is 7.08. The number of hydrogen-bond acceptors (Lipinski definition) is 4. The summed E-state index contributed by atoms with van der Waals surface area (Å²) in [5.74, 6) is 1.02.